The van der Waals surface area contributed by atoms with Crippen molar-refractivity contribution in [2.45, 2.75) is 13.8 Å². The van der Waals surface area contributed by atoms with E-state index in [0.29, 0.717) is 0 Å². The van der Waals surface area contributed by atoms with E-state index < -0.39 is 0 Å². The van der Waals surface area contributed by atoms with E-state index in [1.54, 1.807) is 6.92 Å². The fourth-order valence-electron chi connectivity index (χ4n) is 0.981. The molecule has 0 bridgehead atoms. The van der Waals surface area contributed by atoms with E-state index in [2.05, 4.69) is 31.9 Å². The van der Waals surface area contributed by atoms with Gasteiger partial charge in [-0.25, -0.2) is 0 Å². The number of carbonyl (C=O) groups excluding carboxylic acids is 1. The van der Waals surface area contributed by atoms with Crippen LogP contribution in [0.3, 0.4) is 0 Å². The molecule has 1 rings (SSSR count). The lowest BCUT2D eigenvalue weighted by atomic mass is 10.1. The Morgan fingerprint density at radius 3 is 2.42 bits per heavy atom. The van der Waals surface area contributed by atoms with Crippen molar-refractivity contribution in [2.24, 2.45) is 0 Å². The lowest BCUT2D eigenvalue weighted by molar-refractivity contribution is 0.101. The number of hydrogen-bond donors (Lipinski definition) is 0. The fraction of sp³-hybridized carbons (Fsp3) is 0.222. The van der Waals surface area contributed by atoms with Crippen molar-refractivity contribution in [3.05, 3.63) is 32.2 Å². The Morgan fingerprint density at radius 2 is 1.92 bits per heavy atom. The van der Waals surface area contributed by atoms with Gasteiger partial charge in [0, 0.05) is 14.5 Å². The third-order valence-corrected chi connectivity index (χ3v) is 3.56. The zero-order valence-corrected chi connectivity index (χ0v) is 9.99. The van der Waals surface area contributed by atoms with Crippen LogP contribution in [-0.2, 0) is 0 Å². The maximum absolute atomic E-state index is 11.1. The third kappa shape index (κ3) is 1.96. The van der Waals surface area contributed by atoms with Crippen molar-refractivity contribution in [3.8, 4) is 0 Å². The Balaban J connectivity index is 3.37. The van der Waals surface area contributed by atoms with Gasteiger partial charge in [0.1, 0.15) is 0 Å². The number of hydrogen-bond acceptors (Lipinski definition) is 1. The summed E-state index contributed by atoms with van der Waals surface area (Å²) < 4.78 is 1.76. The Bertz CT molecular complexity index is 332. The zero-order valence-electron chi connectivity index (χ0n) is 6.82. The molecule has 0 unspecified atom stereocenters. The highest BCUT2D eigenvalue weighted by atomic mass is 79.9. The zero-order chi connectivity index (χ0) is 9.30. The molecule has 0 aliphatic carbocycles. The first kappa shape index (κ1) is 9.93. The third-order valence-electron chi connectivity index (χ3n) is 1.55. The number of rotatable bonds is 1. The van der Waals surface area contributed by atoms with Gasteiger partial charge in [0.25, 0.3) is 0 Å². The van der Waals surface area contributed by atoms with E-state index >= 15 is 0 Å². The number of benzene rings is 1. The molecule has 3 heteroatoms. The average Bonchev–Trinajstić information content (AvgIpc) is 1.96. The van der Waals surface area contributed by atoms with Crippen molar-refractivity contribution in [1.82, 2.24) is 0 Å². The Morgan fingerprint density at radius 1 is 1.33 bits per heavy atom. The summed E-state index contributed by atoms with van der Waals surface area (Å²) in [5.74, 6) is 0.0753. The van der Waals surface area contributed by atoms with E-state index in [1.165, 1.54) is 0 Å². The monoisotopic (exact) mass is 290 g/mol. The number of halogens is 2. The first-order valence-corrected chi connectivity index (χ1v) is 5.07. The van der Waals surface area contributed by atoms with Crippen LogP contribution in [0, 0.1) is 6.92 Å². The second-order valence-corrected chi connectivity index (χ2v) is 4.31. The highest BCUT2D eigenvalue weighted by Gasteiger charge is 2.08. The summed E-state index contributed by atoms with van der Waals surface area (Å²) in [6.07, 6.45) is 0. The van der Waals surface area contributed by atoms with Crippen molar-refractivity contribution < 1.29 is 4.79 Å². The summed E-state index contributed by atoms with van der Waals surface area (Å²) in [5.41, 5.74) is 1.80. The van der Waals surface area contributed by atoms with Crippen LogP contribution in [0.15, 0.2) is 21.1 Å². The van der Waals surface area contributed by atoms with E-state index in [9.17, 15) is 4.79 Å². The minimum Gasteiger partial charge on any atom is -0.294 e. The van der Waals surface area contributed by atoms with Gasteiger partial charge in [0.15, 0.2) is 5.78 Å². The predicted molar refractivity (Wildman–Crippen MR) is 56.6 cm³/mol. The van der Waals surface area contributed by atoms with Crippen molar-refractivity contribution in [2.75, 3.05) is 0 Å². The van der Waals surface area contributed by atoms with Gasteiger partial charge in [-0.3, -0.25) is 4.79 Å². The molecular formula is C9H8Br2O. The molecule has 0 aliphatic rings. The molecule has 1 aromatic rings. The van der Waals surface area contributed by atoms with Gasteiger partial charge in [-0.1, -0.05) is 0 Å². The largest absolute Gasteiger partial charge is 0.294 e. The first-order valence-electron chi connectivity index (χ1n) is 3.49. The minimum absolute atomic E-state index is 0.0753. The van der Waals surface area contributed by atoms with Crippen molar-refractivity contribution in [3.63, 3.8) is 0 Å². The SMILES string of the molecule is CC(=O)c1cc(C)cc(Br)c1Br. The van der Waals surface area contributed by atoms with Gasteiger partial charge in [-0.15, -0.1) is 0 Å². The molecule has 1 nitrogen and oxygen atoms in total. The number of ketones is 1. The quantitative estimate of drug-likeness (QED) is 0.721. The molecule has 12 heavy (non-hydrogen) atoms. The Labute approximate surface area is 88.4 Å². The van der Waals surface area contributed by atoms with Gasteiger partial charge in [0.2, 0.25) is 0 Å². The molecule has 0 radical (unpaired) electrons. The second kappa shape index (κ2) is 3.71. The lowest BCUT2D eigenvalue weighted by Gasteiger charge is -2.03. The molecule has 0 spiro atoms. The molecule has 0 amide bonds. The van der Waals surface area contributed by atoms with Gasteiger partial charge < -0.3 is 0 Å². The molecule has 0 saturated carbocycles. The van der Waals surface area contributed by atoms with Crippen LogP contribution in [0.2, 0.25) is 0 Å². The Kier molecular flexibility index (Phi) is 3.07. The Hall–Kier alpha value is -0.150. The summed E-state index contributed by atoms with van der Waals surface area (Å²) >= 11 is 6.71. The van der Waals surface area contributed by atoms with E-state index in [0.717, 1.165) is 20.1 Å². The number of Topliss-reactive ketones (excluding diaryl/α,β-unsaturated/α-hetero) is 1. The van der Waals surface area contributed by atoms with Crippen molar-refractivity contribution >= 4 is 37.6 Å². The fourth-order valence-corrected chi connectivity index (χ4v) is 2.06. The van der Waals surface area contributed by atoms with Gasteiger partial charge >= 0.3 is 0 Å². The molecule has 0 aromatic heterocycles. The molecule has 0 saturated heterocycles. The molecule has 64 valence electrons. The molecule has 0 heterocycles. The first-order chi connectivity index (χ1) is 5.52. The van der Waals surface area contributed by atoms with Crippen LogP contribution in [0.5, 0.6) is 0 Å². The topological polar surface area (TPSA) is 17.1 Å². The number of aryl methyl sites for hydroxylation is 1. The maximum atomic E-state index is 11.1. The minimum atomic E-state index is 0.0753. The van der Waals surface area contributed by atoms with Crippen molar-refractivity contribution in [1.29, 1.82) is 0 Å². The molecule has 0 aliphatic heterocycles. The smallest absolute Gasteiger partial charge is 0.160 e. The highest BCUT2D eigenvalue weighted by Crippen LogP contribution is 2.28. The van der Waals surface area contributed by atoms with E-state index in [1.807, 2.05) is 19.1 Å². The van der Waals surface area contributed by atoms with E-state index in [-0.39, 0.29) is 5.78 Å². The molecule has 0 atom stereocenters. The van der Waals surface area contributed by atoms with Gasteiger partial charge in [0.05, 0.1) is 0 Å². The van der Waals surface area contributed by atoms with Crippen LogP contribution in [0.25, 0.3) is 0 Å². The van der Waals surface area contributed by atoms with E-state index in [4.69, 9.17) is 0 Å². The van der Waals surface area contributed by atoms with Crippen LogP contribution in [0.1, 0.15) is 22.8 Å². The van der Waals surface area contributed by atoms with Gasteiger partial charge in [-0.05, 0) is 63.4 Å². The van der Waals surface area contributed by atoms with Crippen LogP contribution in [0.4, 0.5) is 0 Å². The predicted octanol–water partition coefficient (Wildman–Crippen LogP) is 3.72. The maximum Gasteiger partial charge on any atom is 0.160 e. The molecule has 0 fully saturated rings. The highest BCUT2D eigenvalue weighted by molar-refractivity contribution is 9.13. The van der Waals surface area contributed by atoms with Crippen LogP contribution >= 0.6 is 31.9 Å². The summed E-state index contributed by atoms with van der Waals surface area (Å²) in [4.78, 5) is 11.1. The van der Waals surface area contributed by atoms with Crippen LogP contribution in [-0.4, -0.2) is 5.78 Å². The lowest BCUT2D eigenvalue weighted by Crippen LogP contribution is -1.94. The summed E-state index contributed by atoms with van der Waals surface area (Å²) in [6, 6.07) is 3.84. The molecule has 1 aromatic carbocycles. The standard InChI is InChI=1S/C9H8Br2O/c1-5-3-7(6(2)12)9(11)8(10)4-5/h3-4H,1-2H3. The second-order valence-electron chi connectivity index (χ2n) is 2.66. The number of carbonyl (C=O) groups is 1. The van der Waals surface area contributed by atoms with Crippen LogP contribution < -0.4 is 0 Å². The normalized spacial score (nSPS) is 10.0. The molecule has 0 N–H and O–H groups in total. The molecular weight excluding hydrogens is 284 g/mol. The summed E-state index contributed by atoms with van der Waals surface area (Å²) in [7, 11) is 0. The summed E-state index contributed by atoms with van der Waals surface area (Å²) in [6.45, 7) is 3.52. The summed E-state index contributed by atoms with van der Waals surface area (Å²) in [5, 5.41) is 0. The average molecular weight is 292 g/mol. The van der Waals surface area contributed by atoms with Gasteiger partial charge in [-0.2, -0.15) is 0 Å².